The molecule has 0 saturated carbocycles. The van der Waals surface area contributed by atoms with Gasteiger partial charge in [-0.2, -0.15) is 0 Å². The van der Waals surface area contributed by atoms with Crippen molar-refractivity contribution in [1.29, 1.82) is 0 Å². The second-order valence-corrected chi connectivity index (χ2v) is 5.70. The van der Waals surface area contributed by atoms with Crippen LogP contribution in [0, 0.1) is 6.92 Å². The molecule has 1 aromatic rings. The monoisotopic (exact) mass is 310 g/mol. The number of anilines is 1. The quantitative estimate of drug-likeness (QED) is 0.592. The maximum absolute atomic E-state index is 6.14. The van der Waals surface area contributed by atoms with Gasteiger partial charge in [0.2, 0.25) is 5.36 Å². The Morgan fingerprint density at radius 1 is 1.09 bits per heavy atom. The molecule has 1 N–H and O–H groups in total. The minimum absolute atomic E-state index is 0.816. The van der Waals surface area contributed by atoms with Gasteiger partial charge in [-0.25, -0.2) is 9.56 Å². The zero-order valence-electron chi connectivity index (χ0n) is 14.3. The van der Waals surface area contributed by atoms with E-state index in [1.807, 2.05) is 12.1 Å². The first-order chi connectivity index (χ1) is 11.2. The zero-order chi connectivity index (χ0) is 16.4. The summed E-state index contributed by atoms with van der Waals surface area (Å²) in [6.45, 7) is 11.4. The molecule has 0 fully saturated rings. The van der Waals surface area contributed by atoms with Crippen LogP contribution >= 0.6 is 0 Å². The summed E-state index contributed by atoms with van der Waals surface area (Å²) in [6, 6.07) is 10.4. The lowest BCUT2D eigenvalue weighted by Gasteiger charge is -2.11. The first-order valence-corrected chi connectivity index (χ1v) is 8.33. The highest BCUT2D eigenvalue weighted by Gasteiger charge is 2.12. The Bertz CT molecular complexity index is 874. The van der Waals surface area contributed by atoms with E-state index in [0.717, 1.165) is 47.9 Å². The highest BCUT2D eigenvalue weighted by atomic mass is 16.3. The molecule has 1 aromatic carbocycles. The van der Waals surface area contributed by atoms with Gasteiger partial charge < -0.3 is 9.73 Å². The van der Waals surface area contributed by atoms with Crippen LogP contribution in [0.1, 0.15) is 26.3 Å². The number of nitrogens with zero attached hydrogens (tertiary/aromatic N) is 2. The third-order valence-electron chi connectivity index (χ3n) is 4.21. The van der Waals surface area contributed by atoms with Crippen molar-refractivity contribution in [3.63, 3.8) is 0 Å². The first-order valence-electron chi connectivity index (χ1n) is 8.33. The van der Waals surface area contributed by atoms with Gasteiger partial charge in [0, 0.05) is 24.4 Å². The average molecular weight is 310 g/mol. The van der Waals surface area contributed by atoms with Crippen molar-refractivity contribution in [2.24, 2.45) is 0 Å². The largest absolute Gasteiger partial charge is 0.452 e. The number of nitrogens with one attached hydrogen (secondary N) is 1. The third-order valence-corrected chi connectivity index (χ3v) is 4.21. The zero-order valence-corrected chi connectivity index (χ0v) is 14.3. The predicted octanol–water partition coefficient (Wildman–Crippen LogP) is 3.48. The molecule has 1 aliphatic heterocycles. The van der Waals surface area contributed by atoms with Crippen LogP contribution in [0.15, 0.2) is 34.7 Å². The molecular formula is C19H24N3O+. The maximum Gasteiger partial charge on any atom is 0.203 e. The summed E-state index contributed by atoms with van der Waals surface area (Å²) < 4.78 is 8.44. The van der Waals surface area contributed by atoms with Gasteiger partial charge in [-0.05, 0) is 45.4 Å². The molecule has 0 spiro atoms. The van der Waals surface area contributed by atoms with Crippen molar-refractivity contribution in [2.45, 2.75) is 27.7 Å². The minimum atomic E-state index is 0.816. The van der Waals surface area contributed by atoms with Crippen LogP contribution in [0.5, 0.6) is 0 Å². The standard InChI is InChI=1S/C19H23N3O/c1-5-20-16-12-19-17(10-13(16)4)21-15-9-8-14(11-18(15)23-19)22(6-2)7-3/h8-12H,5-7H2,1-4H3/p+1. The second-order valence-electron chi connectivity index (χ2n) is 5.70. The summed E-state index contributed by atoms with van der Waals surface area (Å²) in [5.41, 5.74) is 4.89. The molecule has 1 aliphatic carbocycles. The van der Waals surface area contributed by atoms with Gasteiger partial charge in [-0.3, -0.25) is 0 Å². The fourth-order valence-electron chi connectivity index (χ4n) is 2.93. The first kappa shape index (κ1) is 15.5. The molecule has 4 heteroatoms. The fraction of sp³-hybridized carbons (Fsp3) is 0.368. The smallest absolute Gasteiger partial charge is 0.203 e. The van der Waals surface area contributed by atoms with Crippen molar-refractivity contribution in [2.75, 3.05) is 25.0 Å². The molecule has 0 atom stereocenters. The number of aryl methyl sites for hydroxylation is 1. The number of hydrogen-bond donors (Lipinski definition) is 1. The Kier molecular flexibility index (Phi) is 4.33. The molecule has 0 radical (unpaired) electrons. The Hall–Kier alpha value is -2.36. The lowest BCUT2D eigenvalue weighted by Crippen LogP contribution is -2.29. The van der Waals surface area contributed by atoms with Gasteiger partial charge >= 0.3 is 0 Å². The second kappa shape index (κ2) is 6.41. The van der Waals surface area contributed by atoms with Crippen LogP contribution in [0.25, 0.3) is 22.6 Å². The van der Waals surface area contributed by atoms with E-state index >= 15 is 0 Å². The topological polar surface area (TPSA) is 41.1 Å². The molecule has 3 rings (SSSR count). The number of aromatic nitrogens is 1. The van der Waals surface area contributed by atoms with Gasteiger partial charge in [0.05, 0.1) is 6.07 Å². The lowest BCUT2D eigenvalue weighted by atomic mass is 10.1. The number of benzene rings is 2. The Morgan fingerprint density at radius 2 is 1.87 bits per heavy atom. The predicted molar refractivity (Wildman–Crippen MR) is 95.9 cm³/mol. The van der Waals surface area contributed by atoms with Gasteiger partial charge in [-0.15, -0.1) is 0 Å². The molecule has 0 unspecified atom stereocenters. The van der Waals surface area contributed by atoms with Crippen LogP contribution in [-0.2, 0) is 0 Å². The number of fused-ring (bicyclic) bond motifs is 2. The molecule has 120 valence electrons. The van der Waals surface area contributed by atoms with Crippen LogP contribution in [0.3, 0.4) is 0 Å². The van der Waals surface area contributed by atoms with Crippen LogP contribution in [0.2, 0.25) is 0 Å². The van der Waals surface area contributed by atoms with E-state index in [-0.39, 0.29) is 0 Å². The number of rotatable bonds is 4. The Balaban J connectivity index is 2.25. The van der Waals surface area contributed by atoms with E-state index < -0.39 is 0 Å². The summed E-state index contributed by atoms with van der Waals surface area (Å²) in [4.78, 5) is 4.75. The fourth-order valence-corrected chi connectivity index (χ4v) is 2.93. The van der Waals surface area contributed by atoms with Crippen molar-refractivity contribution in [3.05, 3.63) is 41.3 Å². The highest BCUT2D eigenvalue weighted by Crippen LogP contribution is 2.27. The molecule has 0 amide bonds. The highest BCUT2D eigenvalue weighted by molar-refractivity contribution is 5.81. The number of hydrogen-bond acceptors (Lipinski definition) is 3. The van der Waals surface area contributed by atoms with Crippen LogP contribution in [-0.4, -0.2) is 24.6 Å². The van der Waals surface area contributed by atoms with E-state index in [1.54, 1.807) is 0 Å². The Labute approximate surface area is 136 Å². The van der Waals surface area contributed by atoms with Crippen molar-refractivity contribution in [3.8, 4) is 11.5 Å². The van der Waals surface area contributed by atoms with E-state index in [0.29, 0.717) is 0 Å². The van der Waals surface area contributed by atoms with Crippen LogP contribution < -0.4 is 15.2 Å². The molecular weight excluding hydrogens is 286 g/mol. The summed E-state index contributed by atoms with van der Waals surface area (Å²) in [5, 5.41) is 4.54. The summed E-state index contributed by atoms with van der Waals surface area (Å²) >= 11 is 0. The lowest BCUT2D eigenvalue weighted by molar-refractivity contribution is 0.600. The van der Waals surface area contributed by atoms with Gasteiger partial charge in [0.15, 0.2) is 11.3 Å². The SMILES string of the molecule is CCNc1cc2oc3cc(=[N+](CC)CC)ccc-3nc2cc1C. The maximum atomic E-state index is 6.14. The van der Waals surface area contributed by atoms with E-state index in [9.17, 15) is 0 Å². The van der Waals surface area contributed by atoms with E-state index in [1.165, 1.54) is 10.9 Å². The van der Waals surface area contributed by atoms with Crippen molar-refractivity contribution >= 4 is 16.8 Å². The van der Waals surface area contributed by atoms with Crippen molar-refractivity contribution < 1.29 is 4.42 Å². The molecule has 1 heterocycles. The summed E-state index contributed by atoms with van der Waals surface area (Å²) in [6.07, 6.45) is 0. The average Bonchev–Trinajstić information content (AvgIpc) is 2.55. The van der Waals surface area contributed by atoms with Crippen LogP contribution in [0.4, 0.5) is 5.69 Å². The third kappa shape index (κ3) is 2.93. The van der Waals surface area contributed by atoms with E-state index in [4.69, 9.17) is 9.40 Å². The molecule has 0 saturated heterocycles. The summed E-state index contributed by atoms with van der Waals surface area (Å²) in [7, 11) is 0. The molecule has 4 nitrogen and oxygen atoms in total. The molecule has 23 heavy (non-hydrogen) atoms. The van der Waals surface area contributed by atoms with Gasteiger partial charge in [0.1, 0.15) is 24.3 Å². The summed E-state index contributed by atoms with van der Waals surface area (Å²) in [5.74, 6) is 0.827. The van der Waals surface area contributed by atoms with Crippen molar-refractivity contribution in [1.82, 2.24) is 9.56 Å². The molecule has 0 bridgehead atoms. The van der Waals surface area contributed by atoms with Gasteiger partial charge in [-0.1, -0.05) is 0 Å². The van der Waals surface area contributed by atoms with E-state index in [2.05, 4.69) is 55.8 Å². The Morgan fingerprint density at radius 3 is 2.57 bits per heavy atom. The molecule has 0 aromatic heterocycles. The minimum Gasteiger partial charge on any atom is -0.452 e. The normalized spacial score (nSPS) is 11.1. The molecule has 2 aliphatic rings. The van der Waals surface area contributed by atoms with Gasteiger partial charge in [0.25, 0.3) is 0 Å².